The Kier molecular flexibility index (Phi) is 4.84. The van der Waals surface area contributed by atoms with Crippen LogP contribution in [0.1, 0.15) is 33.3 Å². The van der Waals surface area contributed by atoms with Gasteiger partial charge in [-0.25, -0.2) is 4.98 Å². The van der Waals surface area contributed by atoms with Gasteiger partial charge in [0.25, 0.3) is 0 Å². The molecule has 3 N–H and O–H groups in total. The topological polar surface area (TPSA) is 62.8 Å². The predicted molar refractivity (Wildman–Crippen MR) is 61.7 cm³/mol. The van der Waals surface area contributed by atoms with Crippen molar-refractivity contribution < 1.29 is 0 Å². The largest absolute Gasteiger partial charge is 0.383 e. The normalized spacial score (nSPS) is 10.0. The van der Waals surface area contributed by atoms with E-state index in [4.69, 9.17) is 11.1 Å². The van der Waals surface area contributed by atoms with Crippen LogP contribution in [0.3, 0.4) is 0 Å². The molecule has 0 saturated carbocycles. The minimum absolute atomic E-state index is 0.410. The highest BCUT2D eigenvalue weighted by Gasteiger charge is 1.95. The van der Waals surface area contributed by atoms with Crippen molar-refractivity contribution in [2.75, 3.05) is 5.73 Å². The standard InChI is InChI=1S/C6H7N3.C5H12/c7-4-5-2-1-3-9-6(5)8;1-5(2,3)4/h1-4,7H,(H2,8,9);1-4H3. The molecule has 1 aromatic heterocycles. The lowest BCUT2D eigenvalue weighted by Gasteiger charge is -2.05. The summed E-state index contributed by atoms with van der Waals surface area (Å²) in [5.41, 5.74) is 6.53. The first-order valence-corrected chi connectivity index (χ1v) is 4.55. The third-order valence-corrected chi connectivity index (χ3v) is 1.03. The van der Waals surface area contributed by atoms with E-state index < -0.39 is 0 Å². The zero-order valence-electron chi connectivity index (χ0n) is 9.33. The number of nitrogens with two attached hydrogens (primary N) is 1. The van der Waals surface area contributed by atoms with Gasteiger partial charge in [0.15, 0.2) is 0 Å². The molecule has 78 valence electrons. The van der Waals surface area contributed by atoms with Crippen molar-refractivity contribution in [3.63, 3.8) is 0 Å². The molecule has 1 aromatic rings. The molecule has 0 saturated heterocycles. The summed E-state index contributed by atoms with van der Waals surface area (Å²) in [6.45, 7) is 8.75. The molecule has 0 unspecified atom stereocenters. The van der Waals surface area contributed by atoms with Crippen LogP contribution in [0.25, 0.3) is 0 Å². The van der Waals surface area contributed by atoms with E-state index in [1.165, 1.54) is 6.21 Å². The summed E-state index contributed by atoms with van der Waals surface area (Å²) in [6, 6.07) is 3.49. The number of pyridine rings is 1. The van der Waals surface area contributed by atoms with Gasteiger partial charge in [-0.3, -0.25) is 0 Å². The SMILES string of the molecule is CC(C)(C)C.N=Cc1cccnc1N. The predicted octanol–water partition coefficient (Wildman–Crippen LogP) is 2.71. The monoisotopic (exact) mass is 193 g/mol. The smallest absolute Gasteiger partial charge is 0.132 e. The first kappa shape index (κ1) is 12.6. The first-order valence-electron chi connectivity index (χ1n) is 4.55. The van der Waals surface area contributed by atoms with Gasteiger partial charge in [0, 0.05) is 18.0 Å². The lowest BCUT2D eigenvalue weighted by Crippen LogP contribution is -1.94. The van der Waals surface area contributed by atoms with E-state index in [2.05, 4.69) is 32.7 Å². The van der Waals surface area contributed by atoms with E-state index in [-0.39, 0.29) is 0 Å². The molecule has 3 nitrogen and oxygen atoms in total. The van der Waals surface area contributed by atoms with E-state index in [1.54, 1.807) is 18.3 Å². The fraction of sp³-hybridized carbons (Fsp3) is 0.455. The molecule has 1 heterocycles. The molecule has 0 atom stereocenters. The maximum Gasteiger partial charge on any atom is 0.132 e. The lowest BCUT2D eigenvalue weighted by atomic mass is 10.0. The Hall–Kier alpha value is -1.38. The number of anilines is 1. The Labute approximate surface area is 85.9 Å². The van der Waals surface area contributed by atoms with Crippen molar-refractivity contribution in [1.82, 2.24) is 4.98 Å². The van der Waals surface area contributed by atoms with E-state index in [1.807, 2.05) is 0 Å². The maximum absolute atomic E-state index is 6.84. The fourth-order valence-corrected chi connectivity index (χ4v) is 0.552. The van der Waals surface area contributed by atoms with Gasteiger partial charge >= 0.3 is 0 Å². The van der Waals surface area contributed by atoms with Crippen molar-refractivity contribution >= 4 is 12.0 Å². The quantitative estimate of drug-likeness (QED) is 0.673. The van der Waals surface area contributed by atoms with E-state index in [0.717, 1.165) is 0 Å². The Morgan fingerprint density at radius 1 is 1.36 bits per heavy atom. The van der Waals surface area contributed by atoms with Gasteiger partial charge in [0.2, 0.25) is 0 Å². The Bertz CT molecular complexity index is 281. The zero-order chi connectivity index (χ0) is 11.2. The highest BCUT2D eigenvalue weighted by atomic mass is 14.8. The summed E-state index contributed by atoms with van der Waals surface area (Å²) in [7, 11) is 0. The van der Waals surface area contributed by atoms with Gasteiger partial charge < -0.3 is 11.1 Å². The molecule has 0 bridgehead atoms. The van der Waals surface area contributed by atoms with Crippen LogP contribution in [0.15, 0.2) is 18.3 Å². The number of nitrogens with zero attached hydrogens (tertiary/aromatic N) is 1. The van der Waals surface area contributed by atoms with Crippen molar-refractivity contribution in [2.24, 2.45) is 5.41 Å². The molecule has 0 aliphatic heterocycles. The van der Waals surface area contributed by atoms with Crippen LogP contribution in [-0.2, 0) is 0 Å². The summed E-state index contributed by atoms with van der Waals surface area (Å²) in [5, 5.41) is 6.84. The van der Waals surface area contributed by atoms with Gasteiger partial charge in [-0.2, -0.15) is 0 Å². The van der Waals surface area contributed by atoms with E-state index in [0.29, 0.717) is 16.8 Å². The van der Waals surface area contributed by atoms with Crippen LogP contribution >= 0.6 is 0 Å². The van der Waals surface area contributed by atoms with Gasteiger partial charge in [0.1, 0.15) is 5.82 Å². The molecule has 0 amide bonds. The highest BCUT2D eigenvalue weighted by Crippen LogP contribution is 2.08. The van der Waals surface area contributed by atoms with Gasteiger partial charge in [0.05, 0.1) is 0 Å². The maximum atomic E-state index is 6.84. The Morgan fingerprint density at radius 3 is 2.14 bits per heavy atom. The van der Waals surface area contributed by atoms with Gasteiger partial charge in [-0.1, -0.05) is 27.7 Å². The summed E-state index contributed by atoms with van der Waals surface area (Å²) >= 11 is 0. The average Bonchev–Trinajstić information content (AvgIpc) is 2.02. The minimum Gasteiger partial charge on any atom is -0.383 e. The second-order valence-electron chi connectivity index (χ2n) is 4.62. The van der Waals surface area contributed by atoms with Crippen molar-refractivity contribution in [3.8, 4) is 0 Å². The van der Waals surface area contributed by atoms with E-state index >= 15 is 0 Å². The highest BCUT2D eigenvalue weighted by molar-refractivity contribution is 5.82. The minimum atomic E-state index is 0.410. The van der Waals surface area contributed by atoms with Crippen LogP contribution in [-0.4, -0.2) is 11.2 Å². The third-order valence-electron chi connectivity index (χ3n) is 1.03. The summed E-state index contributed by atoms with van der Waals surface area (Å²) in [6.07, 6.45) is 2.78. The molecule has 0 aromatic carbocycles. The van der Waals surface area contributed by atoms with Crippen molar-refractivity contribution in [3.05, 3.63) is 23.9 Å². The van der Waals surface area contributed by atoms with Crippen molar-refractivity contribution in [2.45, 2.75) is 27.7 Å². The molecule has 1 rings (SSSR count). The average molecular weight is 193 g/mol. The second-order valence-corrected chi connectivity index (χ2v) is 4.62. The van der Waals surface area contributed by atoms with Crippen LogP contribution in [0.4, 0.5) is 5.82 Å². The molecular weight excluding hydrogens is 174 g/mol. The lowest BCUT2D eigenvalue weighted by molar-refractivity contribution is 0.469. The number of hydrogen-bond donors (Lipinski definition) is 2. The summed E-state index contributed by atoms with van der Waals surface area (Å²) < 4.78 is 0. The fourth-order valence-electron chi connectivity index (χ4n) is 0.552. The molecule has 0 fully saturated rings. The second kappa shape index (κ2) is 5.37. The molecular formula is C11H19N3. The summed E-state index contributed by atoms with van der Waals surface area (Å²) in [4.78, 5) is 3.78. The van der Waals surface area contributed by atoms with Crippen molar-refractivity contribution in [1.29, 1.82) is 5.41 Å². The van der Waals surface area contributed by atoms with E-state index in [9.17, 15) is 0 Å². The van der Waals surface area contributed by atoms with Gasteiger partial charge in [-0.15, -0.1) is 0 Å². The number of aromatic nitrogens is 1. The molecule has 0 aliphatic carbocycles. The van der Waals surface area contributed by atoms with Crippen LogP contribution < -0.4 is 5.73 Å². The van der Waals surface area contributed by atoms with Crippen LogP contribution in [0, 0.1) is 10.8 Å². The Balaban J connectivity index is 0.000000292. The number of nitrogens with one attached hydrogen (secondary N) is 1. The van der Waals surface area contributed by atoms with Crippen LogP contribution in [0.5, 0.6) is 0 Å². The first-order chi connectivity index (χ1) is 6.34. The Morgan fingerprint density at radius 2 is 1.86 bits per heavy atom. The number of rotatable bonds is 1. The molecule has 0 radical (unpaired) electrons. The van der Waals surface area contributed by atoms with Gasteiger partial charge in [-0.05, 0) is 17.5 Å². The van der Waals surface area contributed by atoms with Crippen LogP contribution in [0.2, 0.25) is 0 Å². The number of hydrogen-bond acceptors (Lipinski definition) is 3. The third kappa shape index (κ3) is 7.28. The summed E-state index contributed by atoms with van der Waals surface area (Å²) in [5.74, 6) is 0.410. The number of nitrogen functional groups attached to an aromatic ring is 1. The molecule has 14 heavy (non-hydrogen) atoms. The molecule has 0 spiro atoms. The molecule has 0 aliphatic rings. The zero-order valence-corrected chi connectivity index (χ0v) is 9.33. The molecule has 3 heteroatoms.